The average Bonchev–Trinajstić information content (AvgIpc) is 2.22. The molecular weight excluding hydrogens is 1220 g/mol. The minimum Gasteiger partial charge on any atom is -0.494 e. The number of likely N-dealkylation sites (N-methyl/N-ethyl adjacent to an activating group) is 2. The van der Waals surface area contributed by atoms with Crippen molar-refractivity contribution < 1.29 is 83.2 Å². The van der Waals surface area contributed by atoms with Crippen LogP contribution < -0.4 is 46.8 Å². The van der Waals surface area contributed by atoms with Crippen LogP contribution in [0.15, 0.2) is 58.6 Å². The van der Waals surface area contributed by atoms with Gasteiger partial charge in [0.05, 0.1) is 23.6 Å². The number of aromatic nitrogens is 3. The number of carbonyl (C=O) groups is 6. The number of hydrogen-bond acceptors (Lipinski definition) is 22. The van der Waals surface area contributed by atoms with Crippen LogP contribution in [0, 0.1) is 13.8 Å². The number of anilines is 1. The highest BCUT2D eigenvalue weighted by Gasteiger charge is 2.34. The molecule has 2 aromatic heterocycles. The molecule has 3 heterocycles. The van der Waals surface area contributed by atoms with Crippen molar-refractivity contribution in [2.75, 3.05) is 123 Å². The van der Waals surface area contributed by atoms with Crippen molar-refractivity contribution in [2.45, 2.75) is 62.5 Å². The Kier molecular flexibility index (Phi) is 26.7. The second-order valence-electron chi connectivity index (χ2n) is 21.2. The SMILES string of the molecule is Cc1cc(OCCCC(=O)NCCNC(=O)[C@H](CS(=O)(=O)O)NC(=O)[C@H](CS(=O)(=O)O)NC(=O)CN2CCN(C)CCN(C)CCN(CC(O)O)CC2)cc(C)c1S(=O)(=O)NC(CNC(=O)c1cn(C)c2cc(CNc3ncc[nH]3)ccc2c1=O)C(=O)O. The number of carboxylic acid groups (broad SMARTS) is 1. The third kappa shape index (κ3) is 23.7. The molecule has 3 atom stereocenters. The van der Waals surface area contributed by atoms with Gasteiger partial charge in [-0.25, -0.2) is 13.4 Å². The second-order valence-corrected chi connectivity index (χ2v) is 25.8. The highest BCUT2D eigenvalue weighted by molar-refractivity contribution is 7.89. The van der Waals surface area contributed by atoms with E-state index in [1.807, 2.05) is 24.3 Å². The minimum absolute atomic E-state index is 0.0560. The smallest absolute Gasteiger partial charge is 0.323 e. The van der Waals surface area contributed by atoms with Crippen LogP contribution in [0.4, 0.5) is 5.95 Å². The van der Waals surface area contributed by atoms with Crippen molar-refractivity contribution in [3.05, 3.63) is 81.4 Å². The molecule has 5 rings (SSSR count). The van der Waals surface area contributed by atoms with Gasteiger partial charge in [-0.15, -0.1) is 0 Å². The fourth-order valence-electron chi connectivity index (χ4n) is 9.27. The van der Waals surface area contributed by atoms with E-state index in [-0.39, 0.29) is 84.9 Å². The lowest BCUT2D eigenvalue weighted by Gasteiger charge is -2.32. The number of carbonyl (C=O) groups excluding carboxylic acids is 5. The van der Waals surface area contributed by atoms with E-state index >= 15 is 0 Å². The molecular formula is C52H78N14O19S3. The Morgan fingerprint density at radius 3 is 1.93 bits per heavy atom. The summed E-state index contributed by atoms with van der Waals surface area (Å²) in [4.78, 5) is 106. The monoisotopic (exact) mass is 1300 g/mol. The first-order chi connectivity index (χ1) is 41.3. The summed E-state index contributed by atoms with van der Waals surface area (Å²) >= 11 is 0. The van der Waals surface area contributed by atoms with Crippen molar-refractivity contribution in [3.63, 3.8) is 0 Å². The number of aliphatic hydroxyl groups excluding tert-OH is 1. The molecule has 0 bridgehead atoms. The van der Waals surface area contributed by atoms with E-state index in [9.17, 15) is 83.2 Å². The topological polar surface area (TPSA) is 463 Å². The number of carboxylic acids is 1. The number of pyridine rings is 1. The number of H-pyrrole nitrogens is 1. The Morgan fingerprint density at radius 1 is 0.739 bits per heavy atom. The number of aliphatic hydroxyl groups is 2. The summed E-state index contributed by atoms with van der Waals surface area (Å²) in [6.07, 6.45) is 2.89. The number of nitrogens with one attached hydrogen (secondary N) is 8. The van der Waals surface area contributed by atoms with E-state index in [4.69, 9.17) is 4.74 Å². The Hall–Kier alpha value is -7.23. The van der Waals surface area contributed by atoms with E-state index in [1.165, 1.54) is 32.2 Å². The summed E-state index contributed by atoms with van der Waals surface area (Å²) in [7, 11) is -9.15. The largest absolute Gasteiger partial charge is 0.494 e. The van der Waals surface area contributed by atoms with Crippen LogP contribution in [0.5, 0.6) is 5.75 Å². The van der Waals surface area contributed by atoms with Crippen LogP contribution >= 0.6 is 0 Å². The predicted octanol–water partition coefficient (Wildman–Crippen LogP) is -4.42. The second kappa shape index (κ2) is 32.8. The fraction of sp³-hybridized carbons (Fsp3) is 0.538. The molecule has 1 aliphatic heterocycles. The van der Waals surface area contributed by atoms with Gasteiger partial charge in [-0.2, -0.15) is 21.6 Å². The lowest BCUT2D eigenvalue weighted by molar-refractivity contribution is -0.138. The number of aromatic amines is 1. The molecule has 1 fully saturated rings. The zero-order chi connectivity index (χ0) is 65.1. The molecule has 33 nitrogen and oxygen atoms in total. The first-order valence-corrected chi connectivity index (χ1v) is 32.3. The fourth-order valence-corrected chi connectivity index (χ4v) is 12.2. The van der Waals surface area contributed by atoms with Gasteiger partial charge in [0.25, 0.3) is 26.1 Å². The molecule has 36 heteroatoms. The van der Waals surface area contributed by atoms with Gasteiger partial charge in [0, 0.05) is 123 Å². The zero-order valence-corrected chi connectivity index (χ0v) is 51.7. The van der Waals surface area contributed by atoms with Crippen molar-refractivity contribution >= 4 is 82.6 Å². The van der Waals surface area contributed by atoms with Gasteiger partial charge in [-0.1, -0.05) is 6.07 Å². The van der Waals surface area contributed by atoms with Crippen LogP contribution in [-0.2, 0) is 67.8 Å². The summed E-state index contributed by atoms with van der Waals surface area (Å²) in [5, 5.41) is 43.9. The van der Waals surface area contributed by atoms with Crippen molar-refractivity contribution in [3.8, 4) is 5.75 Å². The molecule has 1 aliphatic rings. The Labute approximate surface area is 508 Å². The van der Waals surface area contributed by atoms with E-state index in [2.05, 4.69) is 46.2 Å². The van der Waals surface area contributed by atoms with E-state index < -0.39 is 120 Å². The van der Waals surface area contributed by atoms with Crippen molar-refractivity contribution in [2.24, 2.45) is 7.05 Å². The molecule has 4 aromatic rings. The maximum absolute atomic E-state index is 13.7. The Balaban J connectivity index is 1.09. The minimum atomic E-state index is -5.01. The lowest BCUT2D eigenvalue weighted by Crippen LogP contribution is -2.58. The number of β-amino-alcohol motifs (C(OH)–C–C–N with tert-alkyl or cyclic N) is 2. The average molecular weight is 1300 g/mol. The van der Waals surface area contributed by atoms with Crippen LogP contribution in [0.3, 0.4) is 0 Å². The number of aryl methyl sites for hydroxylation is 3. The van der Waals surface area contributed by atoms with E-state index in [1.54, 1.807) is 52.0 Å². The number of imidazole rings is 1. The van der Waals surface area contributed by atoms with Gasteiger partial charge < -0.3 is 71.3 Å². The molecule has 1 saturated heterocycles. The van der Waals surface area contributed by atoms with Gasteiger partial charge in [0.2, 0.25) is 39.1 Å². The van der Waals surface area contributed by atoms with E-state index in [0.717, 1.165) is 5.56 Å². The molecule has 13 N–H and O–H groups in total. The predicted molar refractivity (Wildman–Crippen MR) is 319 cm³/mol. The third-order valence-electron chi connectivity index (χ3n) is 13.8. The standard InChI is InChI=1S/C52H78N14O19S3/c1-33-23-36(24-34(2)47(33)88(83,84)61-39(51(75)76)27-57-48(72)38-28-64(5)42-25-35(8-9-37(42)46(38)71)26-58-52-55-12-13-56-52)85-22-6-7-43(67)53-10-11-54-49(73)40(31-86(77,78)79)60-50(74)41(32-87(80,81)82)59-44(68)29-65-18-16-62(3)14-15-63(4)17-19-66(21-20-65)30-45(69)70/h8-9,12-13,23-25,28,39-41,45,61,69-70H,6-7,10-11,14-22,26-27,29-32H2,1-5H3,(H,53,67)(H,54,73)(H,57,72)(H,59,68)(H,60,74)(H,75,76)(H2,55,56,58)(H,77,78,79)(H,80,81,82)/t39?,40-,41-/m0/s1. The van der Waals surface area contributed by atoms with Gasteiger partial charge >= 0.3 is 5.97 Å². The number of ether oxygens (including phenoxy) is 1. The highest BCUT2D eigenvalue weighted by Crippen LogP contribution is 2.26. The normalized spacial score (nSPS) is 15.7. The van der Waals surface area contributed by atoms with Crippen LogP contribution in [-0.4, -0.2) is 261 Å². The molecule has 0 aliphatic carbocycles. The third-order valence-corrected chi connectivity index (χ3v) is 17.1. The number of fused-ring (bicyclic) bond motifs is 1. The van der Waals surface area contributed by atoms with Crippen LogP contribution in [0.1, 0.15) is 39.9 Å². The van der Waals surface area contributed by atoms with Crippen molar-refractivity contribution in [1.29, 1.82) is 0 Å². The van der Waals surface area contributed by atoms with Gasteiger partial charge in [-0.3, -0.25) is 52.5 Å². The van der Waals surface area contributed by atoms with Crippen LogP contribution in [0.25, 0.3) is 10.9 Å². The number of benzene rings is 2. The molecule has 488 valence electrons. The quantitative estimate of drug-likeness (QED) is 0.0133. The molecule has 2 aromatic carbocycles. The van der Waals surface area contributed by atoms with Gasteiger partial charge in [0.1, 0.15) is 40.9 Å². The summed E-state index contributed by atoms with van der Waals surface area (Å²) in [6.45, 7) is 5.11. The number of amides is 5. The summed E-state index contributed by atoms with van der Waals surface area (Å²) in [5.41, 5.74) is 0.702. The molecule has 0 saturated carbocycles. The number of rotatable bonds is 30. The maximum Gasteiger partial charge on any atom is 0.323 e. The summed E-state index contributed by atoms with van der Waals surface area (Å²) in [6, 6.07) is 1.75. The maximum atomic E-state index is 13.7. The van der Waals surface area contributed by atoms with Crippen molar-refractivity contribution in [1.82, 2.24) is 65.4 Å². The first kappa shape index (κ1) is 71.5. The Morgan fingerprint density at radius 2 is 1.33 bits per heavy atom. The summed E-state index contributed by atoms with van der Waals surface area (Å²) in [5.74, 6) is -8.67. The number of aliphatic carboxylic acids is 1. The molecule has 0 radical (unpaired) electrons. The van der Waals surface area contributed by atoms with Gasteiger partial charge in [-0.05, 0) is 75.3 Å². The Bertz CT molecular complexity index is 3480. The molecule has 5 amide bonds. The zero-order valence-electron chi connectivity index (χ0n) is 49.2. The van der Waals surface area contributed by atoms with Gasteiger partial charge in [0.15, 0.2) is 12.2 Å². The van der Waals surface area contributed by atoms with E-state index in [0.29, 0.717) is 57.3 Å². The lowest BCUT2D eigenvalue weighted by atomic mass is 10.1. The molecule has 1 unspecified atom stereocenters. The number of sulfonamides is 1. The molecule has 88 heavy (non-hydrogen) atoms. The first-order valence-electron chi connectivity index (χ1n) is 27.6. The van der Waals surface area contributed by atoms with Crippen LogP contribution in [0.2, 0.25) is 0 Å². The molecule has 0 spiro atoms. The highest BCUT2D eigenvalue weighted by atomic mass is 32.2. The number of hydrogen-bond donors (Lipinski definition) is 13. The number of nitrogens with zero attached hydrogens (tertiary/aromatic N) is 6. The summed E-state index contributed by atoms with van der Waals surface area (Å²) < 4.78 is 104.